The molecule has 0 spiro atoms. The van der Waals surface area contributed by atoms with E-state index in [1.165, 1.54) is 5.69 Å². The largest absolute Gasteiger partial charge is 0.371 e. The highest BCUT2D eigenvalue weighted by Crippen LogP contribution is 2.24. The molecule has 1 atom stereocenters. The van der Waals surface area contributed by atoms with Crippen LogP contribution in [-0.4, -0.2) is 47.5 Å². The topological polar surface area (TPSA) is 75.4 Å². The lowest BCUT2D eigenvalue weighted by Crippen LogP contribution is -2.34. The van der Waals surface area contributed by atoms with Crippen LogP contribution >= 0.6 is 0 Å². The highest BCUT2D eigenvalue weighted by Gasteiger charge is 2.26. The van der Waals surface area contributed by atoms with E-state index in [2.05, 4.69) is 53.0 Å². The van der Waals surface area contributed by atoms with Gasteiger partial charge in [0.25, 0.3) is 5.91 Å². The average molecular weight is 367 g/mol. The lowest BCUT2D eigenvalue weighted by atomic mass is 10.1. The van der Waals surface area contributed by atoms with Crippen LogP contribution in [0.2, 0.25) is 0 Å². The second-order valence-electron chi connectivity index (χ2n) is 7.82. The van der Waals surface area contributed by atoms with Crippen molar-refractivity contribution >= 4 is 17.5 Å². The van der Waals surface area contributed by atoms with E-state index in [0.717, 1.165) is 31.6 Å². The fourth-order valence-corrected chi connectivity index (χ4v) is 3.67. The number of carbonyl (C=O) groups excluding carboxylic acids is 1. The molecule has 0 radical (unpaired) electrons. The zero-order valence-corrected chi connectivity index (χ0v) is 16.4. The summed E-state index contributed by atoms with van der Waals surface area (Å²) >= 11 is 0. The van der Waals surface area contributed by atoms with Crippen LogP contribution in [0.25, 0.3) is 0 Å². The predicted molar refractivity (Wildman–Crippen MR) is 109 cm³/mol. The fourth-order valence-electron chi connectivity index (χ4n) is 3.67. The number of amides is 1. The first-order chi connectivity index (χ1) is 12.9. The van der Waals surface area contributed by atoms with E-state index in [0.29, 0.717) is 24.1 Å². The number of anilines is 2. The van der Waals surface area contributed by atoms with E-state index >= 15 is 0 Å². The molecule has 1 aromatic carbocycles. The molecule has 1 fully saturated rings. The number of nitrogen functional groups attached to an aromatic ring is 1. The Labute approximate surface area is 161 Å². The lowest BCUT2D eigenvalue weighted by Gasteiger charge is -2.22. The van der Waals surface area contributed by atoms with Crippen molar-refractivity contribution in [1.82, 2.24) is 14.9 Å². The van der Waals surface area contributed by atoms with Crippen molar-refractivity contribution in [3.05, 3.63) is 47.8 Å². The molecule has 1 aliphatic rings. The second kappa shape index (κ2) is 8.37. The van der Waals surface area contributed by atoms with E-state index in [1.807, 2.05) is 13.1 Å². The number of nitrogens with zero attached hydrogens (tertiary/aromatic N) is 4. The van der Waals surface area contributed by atoms with Crippen molar-refractivity contribution in [2.24, 2.45) is 11.8 Å². The molecule has 6 heteroatoms. The third kappa shape index (κ3) is 4.96. The maximum absolute atomic E-state index is 12.8. The predicted octanol–water partition coefficient (Wildman–Crippen LogP) is 2.86. The van der Waals surface area contributed by atoms with Crippen LogP contribution in [0.4, 0.5) is 11.6 Å². The molecule has 0 bridgehead atoms. The van der Waals surface area contributed by atoms with Gasteiger partial charge in [-0.2, -0.15) is 0 Å². The molecule has 27 heavy (non-hydrogen) atoms. The van der Waals surface area contributed by atoms with Gasteiger partial charge in [-0.25, -0.2) is 9.97 Å². The minimum Gasteiger partial charge on any atom is -0.371 e. The molecular formula is C21H29N5O. The summed E-state index contributed by atoms with van der Waals surface area (Å²) in [4.78, 5) is 25.4. The van der Waals surface area contributed by atoms with E-state index < -0.39 is 0 Å². The molecule has 1 saturated heterocycles. The molecule has 1 aliphatic heterocycles. The van der Waals surface area contributed by atoms with Crippen LogP contribution in [0.5, 0.6) is 0 Å². The maximum Gasteiger partial charge on any atom is 0.272 e. The molecule has 2 N–H and O–H groups in total. The monoisotopic (exact) mass is 367 g/mol. The van der Waals surface area contributed by atoms with Crippen LogP contribution < -0.4 is 10.6 Å². The number of para-hydroxylation sites is 1. The molecular weight excluding hydrogens is 338 g/mol. The Bertz CT molecular complexity index is 777. The van der Waals surface area contributed by atoms with Crippen molar-refractivity contribution in [3.8, 4) is 0 Å². The van der Waals surface area contributed by atoms with Gasteiger partial charge in [0, 0.05) is 38.1 Å². The lowest BCUT2D eigenvalue weighted by molar-refractivity contribution is 0.0770. The quantitative estimate of drug-likeness (QED) is 0.850. The molecule has 1 unspecified atom stereocenters. The summed E-state index contributed by atoms with van der Waals surface area (Å²) in [5.41, 5.74) is 8.28. The molecule has 2 aromatic rings. The van der Waals surface area contributed by atoms with Crippen molar-refractivity contribution in [2.45, 2.75) is 26.7 Å². The molecule has 1 aromatic heterocycles. The number of rotatable bonds is 6. The van der Waals surface area contributed by atoms with Crippen LogP contribution in [0.3, 0.4) is 0 Å². The van der Waals surface area contributed by atoms with Gasteiger partial charge >= 0.3 is 0 Å². The molecule has 6 nitrogen and oxygen atoms in total. The number of hydrogen-bond acceptors (Lipinski definition) is 5. The molecule has 1 amide bonds. The standard InChI is InChI=1S/C21H29N5O/c1-15(2)11-17-12-19(24-21(22)23-17)20(27)25(3)13-16-9-10-26(14-16)18-7-5-4-6-8-18/h4-8,12,15-16H,9-11,13-14H2,1-3H3,(H2,22,23,24). The van der Waals surface area contributed by atoms with Gasteiger partial charge in [-0.05, 0) is 42.9 Å². The highest BCUT2D eigenvalue weighted by atomic mass is 16.2. The van der Waals surface area contributed by atoms with E-state index in [1.54, 1.807) is 11.0 Å². The Morgan fingerprint density at radius 2 is 2.04 bits per heavy atom. The normalized spacial score (nSPS) is 16.7. The van der Waals surface area contributed by atoms with E-state index in [4.69, 9.17) is 5.73 Å². The summed E-state index contributed by atoms with van der Waals surface area (Å²) in [5.74, 6) is 0.976. The average Bonchev–Trinajstić information content (AvgIpc) is 3.09. The minimum atomic E-state index is -0.0905. The van der Waals surface area contributed by atoms with Crippen molar-refractivity contribution in [1.29, 1.82) is 0 Å². The Morgan fingerprint density at radius 1 is 1.30 bits per heavy atom. The highest BCUT2D eigenvalue weighted by molar-refractivity contribution is 5.92. The van der Waals surface area contributed by atoms with Gasteiger partial charge in [-0.3, -0.25) is 4.79 Å². The third-order valence-electron chi connectivity index (χ3n) is 4.92. The first-order valence-electron chi connectivity index (χ1n) is 9.61. The molecule has 2 heterocycles. The smallest absolute Gasteiger partial charge is 0.272 e. The summed E-state index contributed by atoms with van der Waals surface area (Å²) < 4.78 is 0. The van der Waals surface area contributed by atoms with Crippen LogP contribution in [0, 0.1) is 11.8 Å². The number of aromatic nitrogens is 2. The first kappa shape index (κ1) is 19.1. The van der Waals surface area contributed by atoms with Gasteiger partial charge in [0.15, 0.2) is 0 Å². The van der Waals surface area contributed by atoms with Gasteiger partial charge in [-0.15, -0.1) is 0 Å². The summed E-state index contributed by atoms with van der Waals surface area (Å²) in [6.07, 6.45) is 1.86. The molecule has 144 valence electrons. The first-order valence-corrected chi connectivity index (χ1v) is 9.61. The van der Waals surface area contributed by atoms with Crippen LogP contribution in [0.15, 0.2) is 36.4 Å². The molecule has 3 rings (SSSR count). The summed E-state index contributed by atoms with van der Waals surface area (Å²) in [7, 11) is 1.84. The van der Waals surface area contributed by atoms with Crippen molar-refractivity contribution in [3.63, 3.8) is 0 Å². The Kier molecular flexibility index (Phi) is 5.94. The maximum atomic E-state index is 12.8. The summed E-state index contributed by atoms with van der Waals surface area (Å²) in [6.45, 7) is 6.93. The van der Waals surface area contributed by atoms with Crippen molar-refractivity contribution in [2.75, 3.05) is 37.3 Å². The molecule has 0 aliphatic carbocycles. The third-order valence-corrected chi connectivity index (χ3v) is 4.92. The summed E-state index contributed by atoms with van der Waals surface area (Å²) in [5, 5.41) is 0. The Morgan fingerprint density at radius 3 is 2.74 bits per heavy atom. The number of benzene rings is 1. The Balaban J connectivity index is 1.62. The molecule has 0 saturated carbocycles. The number of nitrogens with two attached hydrogens (primary N) is 1. The zero-order valence-electron chi connectivity index (χ0n) is 16.4. The minimum absolute atomic E-state index is 0.0905. The van der Waals surface area contributed by atoms with Gasteiger partial charge < -0.3 is 15.5 Å². The van der Waals surface area contributed by atoms with E-state index in [-0.39, 0.29) is 11.9 Å². The fraction of sp³-hybridized carbons (Fsp3) is 0.476. The SMILES string of the molecule is CC(C)Cc1cc(C(=O)N(C)CC2CCN(c3ccccc3)C2)nc(N)n1. The van der Waals surface area contributed by atoms with Gasteiger partial charge in [-0.1, -0.05) is 32.0 Å². The number of carbonyl (C=O) groups is 1. The zero-order chi connectivity index (χ0) is 19.4. The van der Waals surface area contributed by atoms with Crippen LogP contribution in [0.1, 0.15) is 36.5 Å². The van der Waals surface area contributed by atoms with Gasteiger partial charge in [0.05, 0.1) is 0 Å². The van der Waals surface area contributed by atoms with E-state index in [9.17, 15) is 4.79 Å². The summed E-state index contributed by atoms with van der Waals surface area (Å²) in [6, 6.07) is 12.2. The van der Waals surface area contributed by atoms with Gasteiger partial charge in [0.2, 0.25) is 5.95 Å². The van der Waals surface area contributed by atoms with Crippen molar-refractivity contribution < 1.29 is 4.79 Å². The Hall–Kier alpha value is -2.63. The number of hydrogen-bond donors (Lipinski definition) is 1. The van der Waals surface area contributed by atoms with Crippen LogP contribution in [-0.2, 0) is 6.42 Å². The second-order valence-corrected chi connectivity index (χ2v) is 7.82. The van der Waals surface area contributed by atoms with Gasteiger partial charge in [0.1, 0.15) is 5.69 Å².